The molecular formula is C42H47IN8O5S. The molecule has 2 amide bonds. The van der Waals surface area contributed by atoms with Gasteiger partial charge in [0, 0.05) is 59.2 Å². The Labute approximate surface area is 349 Å². The number of likely N-dealkylation sites (tertiary alicyclic amines) is 1. The first-order valence-electron chi connectivity index (χ1n) is 19.0. The molecule has 1 fully saturated rings. The van der Waals surface area contributed by atoms with E-state index in [4.69, 9.17) is 4.52 Å². The van der Waals surface area contributed by atoms with Crippen molar-refractivity contribution in [3.8, 4) is 27.4 Å². The lowest BCUT2D eigenvalue weighted by Crippen LogP contribution is -2.56. The largest absolute Gasteiger partial charge is 0.507 e. The molecule has 0 radical (unpaired) electrons. The second kappa shape index (κ2) is 17.0. The Bertz CT molecular complexity index is 2350. The number of para-hydroxylation sites is 1. The number of alkyl halides is 1. The zero-order valence-electron chi connectivity index (χ0n) is 32.6. The summed E-state index contributed by atoms with van der Waals surface area (Å²) in [6.07, 6.45) is 0. The van der Waals surface area contributed by atoms with Gasteiger partial charge in [-0.2, -0.15) is 0 Å². The summed E-state index contributed by atoms with van der Waals surface area (Å²) in [5, 5.41) is 37.5. The first-order chi connectivity index (χ1) is 27.4. The number of H-pyrrole nitrogens is 1. The van der Waals surface area contributed by atoms with Gasteiger partial charge in [-0.15, -0.1) is 21.5 Å². The highest BCUT2D eigenvalue weighted by atomic mass is 127. The van der Waals surface area contributed by atoms with E-state index in [9.17, 15) is 19.8 Å². The van der Waals surface area contributed by atoms with Crippen LogP contribution >= 0.6 is 33.9 Å². The number of nitrogens with one attached hydrogen (secondary N) is 2. The normalized spacial score (nSPS) is 14.8. The summed E-state index contributed by atoms with van der Waals surface area (Å²) in [5.41, 5.74) is 7.77. The number of phenolic OH excluding ortho intramolecular Hbond substituents is 1. The van der Waals surface area contributed by atoms with Gasteiger partial charge in [0.25, 0.3) is 0 Å². The average molecular weight is 903 g/mol. The number of carbonyl (C=O) groups is 2. The van der Waals surface area contributed by atoms with Crippen LogP contribution < -0.4 is 5.32 Å². The van der Waals surface area contributed by atoms with Crippen LogP contribution in [0.25, 0.3) is 32.7 Å². The summed E-state index contributed by atoms with van der Waals surface area (Å²) < 4.78 is 6.21. The quantitative estimate of drug-likeness (QED) is 0.0637. The number of aromatic nitrogens is 5. The number of thiazole rings is 1. The molecule has 15 heteroatoms. The Kier molecular flexibility index (Phi) is 12.1. The number of aryl methyl sites for hydroxylation is 1. The summed E-state index contributed by atoms with van der Waals surface area (Å²) in [7, 11) is 0. The number of halogens is 1. The molecular weight excluding hydrogens is 855 g/mol. The SMILES string of the molecule is Cc1ncsc1-c1ccc(C(C)(C)NC(=O)[C@H](CI)N(CCO)C(=O)[C@@H](c2cc(C3CN(Cc4cc5cc(-c6ccccc6O)nnc5[nH]4)C3)no2)C(C)C)cc1. The van der Waals surface area contributed by atoms with E-state index in [1.807, 2.05) is 88.7 Å². The van der Waals surface area contributed by atoms with E-state index < -0.39 is 17.5 Å². The minimum Gasteiger partial charge on any atom is -0.507 e. The molecule has 0 saturated carbocycles. The van der Waals surface area contributed by atoms with Crippen molar-refractivity contribution in [2.24, 2.45) is 5.92 Å². The van der Waals surface area contributed by atoms with Crippen LogP contribution in [0.15, 0.2) is 76.8 Å². The number of benzene rings is 2. The minimum absolute atomic E-state index is 0.000420. The summed E-state index contributed by atoms with van der Waals surface area (Å²) in [6.45, 7) is 11.7. The van der Waals surface area contributed by atoms with Crippen molar-refractivity contribution in [3.05, 3.63) is 101 Å². The van der Waals surface area contributed by atoms with E-state index in [-0.39, 0.29) is 42.6 Å². The molecule has 7 rings (SSSR count). The lowest BCUT2D eigenvalue weighted by Gasteiger charge is -2.37. The van der Waals surface area contributed by atoms with Crippen LogP contribution in [0.4, 0.5) is 0 Å². The van der Waals surface area contributed by atoms with E-state index >= 15 is 0 Å². The number of aliphatic hydroxyl groups excluding tert-OH is 1. The second-order valence-electron chi connectivity index (χ2n) is 15.5. The molecule has 0 aliphatic carbocycles. The van der Waals surface area contributed by atoms with E-state index in [2.05, 4.69) is 64.2 Å². The summed E-state index contributed by atoms with van der Waals surface area (Å²) in [6, 6.07) is 20.2. The first kappa shape index (κ1) is 40.5. The fourth-order valence-electron chi connectivity index (χ4n) is 7.48. The number of rotatable bonds is 15. The van der Waals surface area contributed by atoms with Gasteiger partial charge in [0.1, 0.15) is 23.5 Å². The molecule has 1 saturated heterocycles. The van der Waals surface area contributed by atoms with Gasteiger partial charge in [0.05, 0.1) is 39.6 Å². The number of nitrogens with zero attached hydrogens (tertiary/aromatic N) is 6. The fraction of sp³-hybridized carbons (Fsp3) is 0.381. The standard InChI is InChI=1S/C42H47IN8O5S/c1-24(2)37(41(55)51(14-15-52)34(19-43)40(54)46-42(4,5)29-12-10-26(11-13-29)38-25(3)44-23-57-38)36-18-32(49-56-36)28-20-50(21-28)22-30-16-27-17-33(47-48-39(27)45-30)31-8-6-7-9-35(31)53/h6-13,16-18,23-24,28,34,37,52-53H,14-15,19-22H2,1-5H3,(H,45,48)(H,46,54)/t34-,37+/m0/s1. The summed E-state index contributed by atoms with van der Waals surface area (Å²) in [5.74, 6) is -0.710. The van der Waals surface area contributed by atoms with Crippen LogP contribution in [0.1, 0.15) is 67.9 Å². The van der Waals surface area contributed by atoms with Crippen LogP contribution in [-0.4, -0.2) is 93.9 Å². The highest BCUT2D eigenvalue weighted by molar-refractivity contribution is 14.1. The maximum absolute atomic E-state index is 14.4. The Morgan fingerprint density at radius 1 is 1.11 bits per heavy atom. The number of fused-ring (bicyclic) bond motifs is 1. The van der Waals surface area contributed by atoms with Gasteiger partial charge in [-0.05, 0) is 62.1 Å². The van der Waals surface area contributed by atoms with Crippen LogP contribution in [0, 0.1) is 12.8 Å². The molecule has 2 aromatic carbocycles. The highest BCUT2D eigenvalue weighted by Crippen LogP contribution is 2.35. The summed E-state index contributed by atoms with van der Waals surface area (Å²) >= 11 is 3.72. The van der Waals surface area contributed by atoms with Crippen LogP contribution in [0.2, 0.25) is 0 Å². The predicted molar refractivity (Wildman–Crippen MR) is 228 cm³/mol. The third kappa shape index (κ3) is 8.61. The molecule has 1 aliphatic heterocycles. The highest BCUT2D eigenvalue weighted by Gasteiger charge is 2.40. The van der Waals surface area contributed by atoms with E-state index in [1.54, 1.807) is 23.5 Å². The number of hydrogen-bond donors (Lipinski definition) is 4. The van der Waals surface area contributed by atoms with Crippen LogP contribution in [0.3, 0.4) is 0 Å². The Morgan fingerprint density at radius 3 is 2.53 bits per heavy atom. The number of amides is 2. The molecule has 2 atom stereocenters. The zero-order chi connectivity index (χ0) is 40.4. The second-order valence-corrected chi connectivity index (χ2v) is 17.2. The van der Waals surface area contributed by atoms with Gasteiger partial charge in [-0.3, -0.25) is 14.5 Å². The van der Waals surface area contributed by atoms with Crippen molar-refractivity contribution < 1.29 is 24.3 Å². The van der Waals surface area contributed by atoms with Gasteiger partial charge in [-0.1, -0.05) is 78.0 Å². The number of aromatic hydroxyl groups is 1. The van der Waals surface area contributed by atoms with Crippen molar-refractivity contribution in [2.45, 2.75) is 64.6 Å². The molecule has 1 aliphatic rings. The molecule has 0 spiro atoms. The number of aromatic amines is 1. The van der Waals surface area contributed by atoms with E-state index in [1.165, 1.54) is 4.90 Å². The molecule has 0 unspecified atom stereocenters. The molecule has 4 aromatic heterocycles. The van der Waals surface area contributed by atoms with Gasteiger partial charge in [0.15, 0.2) is 5.65 Å². The molecule has 13 nitrogen and oxygen atoms in total. The van der Waals surface area contributed by atoms with E-state index in [0.29, 0.717) is 33.6 Å². The number of hydrogen-bond acceptors (Lipinski definition) is 11. The van der Waals surface area contributed by atoms with Gasteiger partial charge in [0.2, 0.25) is 11.8 Å². The Morgan fingerprint density at radius 2 is 1.86 bits per heavy atom. The Balaban J connectivity index is 0.995. The minimum atomic E-state index is -0.819. The van der Waals surface area contributed by atoms with Gasteiger partial charge in [-0.25, -0.2) is 4.98 Å². The fourth-order valence-corrected chi connectivity index (χ4v) is 9.17. The van der Waals surface area contributed by atoms with Crippen LogP contribution in [0.5, 0.6) is 5.75 Å². The lowest BCUT2D eigenvalue weighted by molar-refractivity contribution is -0.143. The smallest absolute Gasteiger partial charge is 0.244 e. The monoisotopic (exact) mass is 902 g/mol. The van der Waals surface area contributed by atoms with Crippen molar-refractivity contribution in [1.82, 2.24) is 40.4 Å². The van der Waals surface area contributed by atoms with Gasteiger partial charge >= 0.3 is 0 Å². The molecule has 298 valence electrons. The Hall–Kier alpha value is -4.71. The topological polar surface area (TPSA) is 174 Å². The van der Waals surface area contributed by atoms with E-state index in [0.717, 1.165) is 51.6 Å². The molecule has 5 heterocycles. The molecule has 0 bridgehead atoms. The van der Waals surface area contributed by atoms with Crippen molar-refractivity contribution in [3.63, 3.8) is 0 Å². The zero-order valence-corrected chi connectivity index (χ0v) is 35.5. The van der Waals surface area contributed by atoms with Crippen LogP contribution in [-0.2, 0) is 21.7 Å². The molecule has 6 aromatic rings. The average Bonchev–Trinajstić information content (AvgIpc) is 3.92. The number of carbonyl (C=O) groups excluding carboxylic acids is 2. The third-order valence-electron chi connectivity index (χ3n) is 10.7. The van der Waals surface area contributed by atoms with Gasteiger partial charge < -0.3 is 29.9 Å². The number of phenols is 1. The van der Waals surface area contributed by atoms with Crippen molar-refractivity contribution in [2.75, 3.05) is 30.7 Å². The maximum atomic E-state index is 14.4. The first-order valence-corrected chi connectivity index (χ1v) is 21.4. The number of aliphatic hydroxyl groups is 1. The molecule has 57 heavy (non-hydrogen) atoms. The third-order valence-corrected chi connectivity index (χ3v) is 12.5. The van der Waals surface area contributed by atoms with Crippen molar-refractivity contribution >= 4 is 56.8 Å². The maximum Gasteiger partial charge on any atom is 0.244 e. The predicted octanol–water partition coefficient (Wildman–Crippen LogP) is 6.77. The van der Waals surface area contributed by atoms with Crippen molar-refractivity contribution in [1.29, 1.82) is 0 Å². The summed E-state index contributed by atoms with van der Waals surface area (Å²) in [4.78, 5) is 41.0. The lowest BCUT2D eigenvalue weighted by atomic mass is 9.89. The molecule has 4 N–H and O–H groups in total.